The number of carbonyl (C=O) groups is 1. The normalized spacial score (nSPS) is 18.5. The lowest BCUT2D eigenvalue weighted by atomic mass is 9.85. The molecule has 0 amide bonds. The van der Waals surface area contributed by atoms with Gasteiger partial charge in [-0.2, -0.15) is 0 Å². The van der Waals surface area contributed by atoms with Crippen molar-refractivity contribution in [1.29, 1.82) is 0 Å². The van der Waals surface area contributed by atoms with Crippen LogP contribution in [0.2, 0.25) is 5.02 Å². The molecule has 176 valence electrons. The topological polar surface area (TPSA) is 92.8 Å². The molecule has 0 saturated carbocycles. The smallest absolute Gasteiger partial charge is 0.307 e. The molecule has 1 unspecified atom stereocenters. The van der Waals surface area contributed by atoms with Crippen LogP contribution < -0.4 is 10.5 Å². The van der Waals surface area contributed by atoms with E-state index >= 15 is 0 Å². The van der Waals surface area contributed by atoms with Crippen LogP contribution >= 0.6 is 11.6 Å². The van der Waals surface area contributed by atoms with Crippen molar-refractivity contribution in [3.05, 3.63) is 81.1 Å². The first kappa shape index (κ1) is 24.9. The highest BCUT2D eigenvalue weighted by molar-refractivity contribution is 6.31. The number of allylic oxidation sites excluding steroid dienone is 2. The highest BCUT2D eigenvalue weighted by atomic mass is 35.5. The lowest BCUT2D eigenvalue weighted by Crippen LogP contribution is -2.35. The summed E-state index contributed by atoms with van der Waals surface area (Å²) < 4.78 is 6.49. The SMILES string of the molecule is CCC1=CC(c2cccc(CN)c2)=C(O)C1(C)Oc1cc(C(C)(C)C)c(Cl)cc1CC(=O)O. The number of aliphatic hydroxyl groups excluding tert-OH is 1. The highest BCUT2D eigenvalue weighted by Crippen LogP contribution is 2.45. The number of hydrogen-bond acceptors (Lipinski definition) is 4. The summed E-state index contributed by atoms with van der Waals surface area (Å²) in [6, 6.07) is 11.2. The molecule has 0 fully saturated rings. The van der Waals surface area contributed by atoms with E-state index in [4.69, 9.17) is 22.1 Å². The zero-order valence-electron chi connectivity index (χ0n) is 19.8. The molecule has 2 aromatic carbocycles. The predicted octanol–water partition coefficient (Wildman–Crippen LogP) is 6.18. The lowest BCUT2D eigenvalue weighted by Gasteiger charge is -2.32. The van der Waals surface area contributed by atoms with Gasteiger partial charge in [-0.05, 0) is 65.3 Å². The Kier molecular flexibility index (Phi) is 6.96. The first-order chi connectivity index (χ1) is 15.4. The summed E-state index contributed by atoms with van der Waals surface area (Å²) in [7, 11) is 0. The molecular formula is C27H32ClNO4. The number of aliphatic hydroxyl groups is 1. The van der Waals surface area contributed by atoms with Crippen molar-refractivity contribution < 1.29 is 19.7 Å². The van der Waals surface area contributed by atoms with Gasteiger partial charge in [0.2, 0.25) is 0 Å². The summed E-state index contributed by atoms with van der Waals surface area (Å²) in [6.45, 7) is 10.3. The fourth-order valence-electron chi connectivity index (χ4n) is 4.21. The Balaban J connectivity index is 2.14. The fourth-order valence-corrected chi connectivity index (χ4v) is 4.68. The number of benzene rings is 2. The molecule has 0 bridgehead atoms. The van der Waals surface area contributed by atoms with Gasteiger partial charge in [-0.3, -0.25) is 4.79 Å². The number of carboxylic acid groups (broad SMARTS) is 1. The van der Waals surface area contributed by atoms with Crippen molar-refractivity contribution in [3.63, 3.8) is 0 Å². The highest BCUT2D eigenvalue weighted by Gasteiger charge is 2.42. The molecular weight excluding hydrogens is 438 g/mol. The molecule has 0 radical (unpaired) electrons. The number of aliphatic carboxylic acids is 1. The van der Waals surface area contributed by atoms with Crippen molar-refractivity contribution in [2.75, 3.05) is 0 Å². The number of halogens is 1. The maximum absolute atomic E-state index is 11.5. The van der Waals surface area contributed by atoms with Crippen LogP contribution in [-0.4, -0.2) is 21.8 Å². The van der Waals surface area contributed by atoms with Gasteiger partial charge in [0.15, 0.2) is 5.60 Å². The van der Waals surface area contributed by atoms with Gasteiger partial charge in [-0.1, -0.05) is 57.5 Å². The maximum Gasteiger partial charge on any atom is 0.307 e. The van der Waals surface area contributed by atoms with E-state index < -0.39 is 11.6 Å². The van der Waals surface area contributed by atoms with Crippen LogP contribution in [-0.2, 0) is 23.2 Å². The van der Waals surface area contributed by atoms with Gasteiger partial charge in [0.25, 0.3) is 0 Å². The quantitative estimate of drug-likeness (QED) is 0.450. The van der Waals surface area contributed by atoms with E-state index in [1.54, 1.807) is 12.1 Å². The molecule has 0 aliphatic heterocycles. The average molecular weight is 470 g/mol. The third-order valence-electron chi connectivity index (χ3n) is 6.11. The molecule has 0 heterocycles. The van der Waals surface area contributed by atoms with Gasteiger partial charge in [0, 0.05) is 22.7 Å². The molecule has 0 aromatic heterocycles. The number of nitrogens with two attached hydrogens (primary N) is 1. The van der Waals surface area contributed by atoms with Crippen molar-refractivity contribution in [3.8, 4) is 5.75 Å². The Morgan fingerprint density at radius 1 is 1.21 bits per heavy atom. The molecule has 2 aromatic rings. The minimum Gasteiger partial charge on any atom is -0.507 e. The summed E-state index contributed by atoms with van der Waals surface area (Å²) in [5.41, 5.74) is 9.07. The standard InChI is InChI=1S/C27H32ClNO4/c1-6-19-13-20(17-9-7-8-16(10-17)15-29)25(32)27(19,5)33-23-14-21(26(2,3)4)22(28)11-18(23)12-24(30)31/h7-11,13-14,32H,6,12,15,29H2,1-5H3,(H,30,31). The number of ether oxygens (including phenoxy) is 1. The average Bonchev–Trinajstić information content (AvgIpc) is 2.99. The van der Waals surface area contributed by atoms with E-state index in [2.05, 4.69) is 0 Å². The first-order valence-electron chi connectivity index (χ1n) is 11.1. The van der Waals surface area contributed by atoms with Crippen LogP contribution in [0.3, 0.4) is 0 Å². The minimum absolute atomic E-state index is 0.0852. The van der Waals surface area contributed by atoms with Crippen LogP contribution in [0.4, 0.5) is 0 Å². The van der Waals surface area contributed by atoms with E-state index in [1.807, 2.05) is 65.0 Å². The van der Waals surface area contributed by atoms with E-state index in [0.29, 0.717) is 34.9 Å². The Morgan fingerprint density at radius 2 is 1.91 bits per heavy atom. The second-order valence-electron chi connectivity index (χ2n) is 9.59. The molecule has 4 N–H and O–H groups in total. The van der Waals surface area contributed by atoms with E-state index in [1.165, 1.54) is 0 Å². The maximum atomic E-state index is 11.5. The molecule has 1 aliphatic carbocycles. The zero-order valence-corrected chi connectivity index (χ0v) is 20.6. The zero-order chi connectivity index (χ0) is 24.6. The third kappa shape index (κ3) is 4.94. The van der Waals surface area contributed by atoms with Crippen LogP contribution in [0.15, 0.2) is 53.8 Å². The molecule has 5 nitrogen and oxygen atoms in total. The Hall–Kier alpha value is -2.76. The number of carboxylic acids is 1. The largest absolute Gasteiger partial charge is 0.507 e. The second-order valence-corrected chi connectivity index (χ2v) is 9.99. The van der Waals surface area contributed by atoms with Gasteiger partial charge in [-0.15, -0.1) is 0 Å². The minimum atomic E-state index is -1.14. The summed E-state index contributed by atoms with van der Waals surface area (Å²) in [5.74, 6) is -0.500. The van der Waals surface area contributed by atoms with Crippen molar-refractivity contribution >= 4 is 23.1 Å². The van der Waals surface area contributed by atoms with E-state index in [9.17, 15) is 15.0 Å². The Labute approximate surface area is 200 Å². The van der Waals surface area contributed by atoms with Gasteiger partial charge in [-0.25, -0.2) is 0 Å². The van der Waals surface area contributed by atoms with Crippen molar-refractivity contribution in [1.82, 2.24) is 0 Å². The molecule has 0 saturated heterocycles. The fraction of sp³-hybridized carbons (Fsp3) is 0.370. The Morgan fingerprint density at radius 3 is 2.48 bits per heavy atom. The van der Waals surface area contributed by atoms with Gasteiger partial charge in [0.1, 0.15) is 11.5 Å². The predicted molar refractivity (Wildman–Crippen MR) is 133 cm³/mol. The van der Waals surface area contributed by atoms with Gasteiger partial charge in [0.05, 0.1) is 6.42 Å². The van der Waals surface area contributed by atoms with Crippen LogP contribution in [0.5, 0.6) is 5.75 Å². The third-order valence-corrected chi connectivity index (χ3v) is 6.42. The number of hydrogen-bond donors (Lipinski definition) is 3. The van der Waals surface area contributed by atoms with E-state index in [-0.39, 0.29) is 17.6 Å². The van der Waals surface area contributed by atoms with Crippen molar-refractivity contribution in [2.45, 2.75) is 65.0 Å². The number of rotatable bonds is 7. The Bertz CT molecular complexity index is 1140. The van der Waals surface area contributed by atoms with Gasteiger partial charge >= 0.3 is 5.97 Å². The van der Waals surface area contributed by atoms with Gasteiger partial charge < -0.3 is 20.7 Å². The molecule has 3 rings (SSSR count). The molecule has 6 heteroatoms. The van der Waals surface area contributed by atoms with Crippen LogP contribution in [0.1, 0.15) is 63.3 Å². The van der Waals surface area contributed by atoms with Crippen molar-refractivity contribution in [2.24, 2.45) is 5.73 Å². The first-order valence-corrected chi connectivity index (χ1v) is 11.5. The summed E-state index contributed by atoms with van der Waals surface area (Å²) >= 11 is 6.51. The molecule has 1 aliphatic rings. The van der Waals surface area contributed by atoms with E-state index in [0.717, 1.165) is 22.3 Å². The summed E-state index contributed by atoms with van der Waals surface area (Å²) in [4.78, 5) is 11.5. The van der Waals surface area contributed by atoms with Crippen LogP contribution in [0.25, 0.3) is 5.57 Å². The lowest BCUT2D eigenvalue weighted by molar-refractivity contribution is -0.136. The second kappa shape index (κ2) is 9.24. The molecule has 33 heavy (non-hydrogen) atoms. The monoisotopic (exact) mass is 469 g/mol. The molecule has 0 spiro atoms. The molecule has 1 atom stereocenters. The summed E-state index contributed by atoms with van der Waals surface area (Å²) in [5, 5.41) is 21.3. The van der Waals surface area contributed by atoms with Crippen LogP contribution in [0, 0.1) is 0 Å². The summed E-state index contributed by atoms with van der Waals surface area (Å²) in [6.07, 6.45) is 2.35.